The van der Waals surface area contributed by atoms with Gasteiger partial charge in [0.2, 0.25) is 0 Å². The van der Waals surface area contributed by atoms with Crippen LogP contribution in [0.1, 0.15) is 44.6 Å². The van der Waals surface area contributed by atoms with Crippen molar-refractivity contribution in [2.75, 3.05) is 37.7 Å². The Balaban J connectivity index is 1.27. The van der Waals surface area contributed by atoms with E-state index in [0.29, 0.717) is 77.7 Å². The van der Waals surface area contributed by atoms with Crippen molar-refractivity contribution in [3.8, 4) is 23.0 Å². The molecule has 0 amide bonds. The van der Waals surface area contributed by atoms with E-state index in [2.05, 4.69) is 25.1 Å². The highest BCUT2D eigenvalue weighted by Crippen LogP contribution is 2.42. The predicted octanol–water partition coefficient (Wildman–Crippen LogP) is 5.29. The monoisotopic (exact) mass is 604 g/mol. The van der Waals surface area contributed by atoms with Gasteiger partial charge in [-0.3, -0.25) is 9.88 Å². The van der Waals surface area contributed by atoms with Gasteiger partial charge in [-0.25, -0.2) is 13.2 Å². The minimum absolute atomic E-state index is 0.0358. The Hall–Kier alpha value is -3.70. The summed E-state index contributed by atoms with van der Waals surface area (Å²) in [4.78, 5) is 18.3. The minimum atomic E-state index is -0.899. The first kappa shape index (κ1) is 27.8. The molecule has 4 fully saturated rings. The fraction of sp³-hybridized carbons (Fsp3) is 0.485. The third-order valence-corrected chi connectivity index (χ3v) is 10.2. The Morgan fingerprint density at radius 3 is 2.73 bits per heavy atom. The number of halogens is 3. The first-order valence-electron chi connectivity index (χ1n) is 15.7. The number of anilines is 1. The van der Waals surface area contributed by atoms with Crippen LogP contribution in [0.25, 0.3) is 32.9 Å². The maximum Gasteiger partial charge on any atom is 0.319 e. The largest absolute Gasteiger partial charge is 0.508 e. The number of pyridine rings is 1. The second-order valence-corrected chi connectivity index (χ2v) is 12.9. The standard InChI is InChI=1S/C33H35F3N6O2/c1-2-23-26(35)7-4-18-10-22(43)11-24(27(18)23)29-28(36)30-25(13-37-29)31(41-15-20-5-6-21(16-41)38-20)40-32(39-30)44-17-33-8-3-9-42(33)14-19(34)12-33/h4,7,10-11,13,19-21,38,43H,2-3,5-6,8-9,12,14-17H2,1H3/t19?,20?,21?,33-/m0/s1. The van der Waals surface area contributed by atoms with Crippen LogP contribution < -0.4 is 15.0 Å². The van der Waals surface area contributed by atoms with Crippen molar-refractivity contribution in [3.63, 3.8) is 0 Å². The molecule has 11 heteroatoms. The molecule has 6 heterocycles. The van der Waals surface area contributed by atoms with Crippen molar-refractivity contribution in [1.29, 1.82) is 0 Å². The summed E-state index contributed by atoms with van der Waals surface area (Å²) in [5, 5.41) is 15.7. The highest BCUT2D eigenvalue weighted by molar-refractivity contribution is 6.01. The lowest BCUT2D eigenvalue weighted by molar-refractivity contribution is 0.107. The van der Waals surface area contributed by atoms with E-state index < -0.39 is 23.3 Å². The lowest BCUT2D eigenvalue weighted by Gasteiger charge is -2.34. The van der Waals surface area contributed by atoms with Gasteiger partial charge >= 0.3 is 6.01 Å². The van der Waals surface area contributed by atoms with Crippen LogP contribution in [0.4, 0.5) is 19.0 Å². The second-order valence-electron chi connectivity index (χ2n) is 12.9. The molecule has 4 aliphatic heterocycles. The van der Waals surface area contributed by atoms with Crippen molar-refractivity contribution < 1.29 is 23.0 Å². The second kappa shape index (κ2) is 10.4. The van der Waals surface area contributed by atoms with Crippen LogP contribution in [0, 0.1) is 11.6 Å². The number of benzene rings is 2. The number of hydrogen-bond acceptors (Lipinski definition) is 8. The molecule has 8 nitrogen and oxygen atoms in total. The van der Waals surface area contributed by atoms with Gasteiger partial charge in [-0.05, 0) is 73.2 Å². The maximum absolute atomic E-state index is 16.8. The number of fused-ring (bicyclic) bond motifs is 5. The van der Waals surface area contributed by atoms with Gasteiger partial charge in [0.1, 0.15) is 41.4 Å². The van der Waals surface area contributed by atoms with E-state index in [4.69, 9.17) is 9.72 Å². The molecule has 230 valence electrons. The Morgan fingerprint density at radius 2 is 1.93 bits per heavy atom. The molecule has 2 bridgehead atoms. The number of hydrogen-bond donors (Lipinski definition) is 2. The third kappa shape index (κ3) is 4.46. The van der Waals surface area contributed by atoms with Gasteiger partial charge in [-0.1, -0.05) is 13.0 Å². The Labute approximate surface area is 253 Å². The van der Waals surface area contributed by atoms with Gasteiger partial charge in [0.05, 0.1) is 10.9 Å². The van der Waals surface area contributed by atoms with Gasteiger partial charge in [0.15, 0.2) is 5.82 Å². The van der Waals surface area contributed by atoms with E-state index in [1.807, 2.05) is 6.92 Å². The number of aryl methyl sites for hydroxylation is 1. The highest BCUT2D eigenvalue weighted by Gasteiger charge is 2.49. The fourth-order valence-corrected chi connectivity index (χ4v) is 8.16. The zero-order valence-electron chi connectivity index (χ0n) is 24.6. The van der Waals surface area contributed by atoms with Crippen LogP contribution >= 0.6 is 0 Å². The number of aromatic nitrogens is 3. The van der Waals surface area contributed by atoms with E-state index in [1.165, 1.54) is 18.2 Å². The van der Waals surface area contributed by atoms with Crippen molar-refractivity contribution >= 4 is 27.5 Å². The number of alkyl halides is 1. The molecule has 4 atom stereocenters. The average molecular weight is 605 g/mol. The number of phenols is 1. The van der Waals surface area contributed by atoms with Crippen LogP contribution in [-0.4, -0.2) is 81.5 Å². The first-order chi connectivity index (χ1) is 21.3. The summed E-state index contributed by atoms with van der Waals surface area (Å²) in [6.45, 7) is 4.72. The van der Waals surface area contributed by atoms with Crippen LogP contribution in [0.2, 0.25) is 0 Å². The van der Waals surface area contributed by atoms with E-state index in [1.54, 1.807) is 12.3 Å². The maximum atomic E-state index is 16.8. The molecule has 2 aromatic carbocycles. The molecule has 2 N–H and O–H groups in total. The molecule has 4 aromatic rings. The molecule has 0 saturated carbocycles. The van der Waals surface area contributed by atoms with Crippen LogP contribution in [0.3, 0.4) is 0 Å². The molecule has 4 aliphatic rings. The number of piperazine rings is 1. The van der Waals surface area contributed by atoms with Gasteiger partial charge in [0.25, 0.3) is 0 Å². The SMILES string of the molecule is CCc1c(F)ccc2cc(O)cc(-c3ncc4c(N5CC6CCC(C5)N6)nc(OC[C@@]56CCCN5CC(F)C6)nc4c3F)c12. The summed E-state index contributed by atoms with van der Waals surface area (Å²) in [7, 11) is 0. The zero-order valence-corrected chi connectivity index (χ0v) is 24.6. The van der Waals surface area contributed by atoms with Gasteiger partial charge in [-0.2, -0.15) is 9.97 Å². The normalized spacial score (nSPS) is 26.6. The number of rotatable bonds is 6. The number of phenolic OH excluding ortho intramolecular Hbond substituents is 1. The van der Waals surface area contributed by atoms with Crippen molar-refractivity contribution in [2.45, 2.75) is 69.2 Å². The van der Waals surface area contributed by atoms with Gasteiger partial charge in [0, 0.05) is 49.9 Å². The van der Waals surface area contributed by atoms with Crippen LogP contribution in [-0.2, 0) is 6.42 Å². The number of ether oxygens (including phenoxy) is 1. The number of nitrogens with one attached hydrogen (secondary N) is 1. The van der Waals surface area contributed by atoms with E-state index in [0.717, 1.165) is 32.2 Å². The van der Waals surface area contributed by atoms with Crippen molar-refractivity contribution in [1.82, 2.24) is 25.2 Å². The highest BCUT2D eigenvalue weighted by atomic mass is 19.1. The Kier molecular flexibility index (Phi) is 6.60. The molecule has 0 aliphatic carbocycles. The van der Waals surface area contributed by atoms with Gasteiger partial charge in [-0.15, -0.1) is 0 Å². The molecule has 3 unspecified atom stereocenters. The Morgan fingerprint density at radius 1 is 1.11 bits per heavy atom. The molecule has 0 spiro atoms. The van der Waals surface area contributed by atoms with E-state index >= 15 is 4.39 Å². The van der Waals surface area contributed by atoms with E-state index in [-0.39, 0.29) is 29.6 Å². The molecular formula is C33H35F3N6O2. The Bertz CT molecular complexity index is 1780. The smallest absolute Gasteiger partial charge is 0.319 e. The average Bonchev–Trinajstić information content (AvgIpc) is 3.66. The first-order valence-corrected chi connectivity index (χ1v) is 15.7. The topological polar surface area (TPSA) is 86.6 Å². The summed E-state index contributed by atoms with van der Waals surface area (Å²) in [6, 6.07) is 6.57. The fourth-order valence-electron chi connectivity index (χ4n) is 8.16. The summed E-state index contributed by atoms with van der Waals surface area (Å²) in [6.07, 6.45) is 5.39. The summed E-state index contributed by atoms with van der Waals surface area (Å²) < 4.78 is 52.4. The molecule has 44 heavy (non-hydrogen) atoms. The summed E-state index contributed by atoms with van der Waals surface area (Å²) in [5.41, 5.74) is 0.313. The van der Waals surface area contributed by atoms with Gasteiger partial charge < -0.3 is 20.1 Å². The number of nitrogens with zero attached hydrogens (tertiary/aromatic N) is 5. The third-order valence-electron chi connectivity index (χ3n) is 10.2. The molecule has 2 aromatic heterocycles. The zero-order chi connectivity index (χ0) is 30.2. The van der Waals surface area contributed by atoms with Crippen molar-refractivity contribution in [2.24, 2.45) is 0 Å². The van der Waals surface area contributed by atoms with Crippen LogP contribution in [0.15, 0.2) is 30.5 Å². The summed E-state index contributed by atoms with van der Waals surface area (Å²) in [5.74, 6) is -0.616. The van der Waals surface area contributed by atoms with E-state index in [9.17, 15) is 13.9 Å². The molecule has 4 saturated heterocycles. The lowest BCUT2D eigenvalue weighted by atomic mass is 9.94. The minimum Gasteiger partial charge on any atom is -0.508 e. The predicted molar refractivity (Wildman–Crippen MR) is 162 cm³/mol. The molecule has 0 radical (unpaired) electrons. The number of aromatic hydroxyl groups is 1. The quantitative estimate of drug-likeness (QED) is 0.307. The molecule has 8 rings (SSSR count). The summed E-state index contributed by atoms with van der Waals surface area (Å²) >= 11 is 0. The van der Waals surface area contributed by atoms with Crippen molar-refractivity contribution in [3.05, 3.63) is 47.7 Å². The molecular weight excluding hydrogens is 569 g/mol. The van der Waals surface area contributed by atoms with Crippen LogP contribution in [0.5, 0.6) is 11.8 Å². The lowest BCUT2D eigenvalue weighted by Crippen LogP contribution is -2.51.